The van der Waals surface area contributed by atoms with Gasteiger partial charge < -0.3 is 27.2 Å². The molecule has 154 valence electrons. The number of nitrogens with one attached hydrogen (secondary N) is 1. The number of ether oxygens (including phenoxy) is 2. The van der Waals surface area contributed by atoms with E-state index >= 15 is 0 Å². The van der Waals surface area contributed by atoms with Crippen LogP contribution in [0.15, 0.2) is 71.2 Å². The van der Waals surface area contributed by atoms with Crippen LogP contribution in [-0.4, -0.2) is 7.11 Å². The molecule has 0 spiro atoms. The Morgan fingerprint density at radius 2 is 1.72 bits per heavy atom. The summed E-state index contributed by atoms with van der Waals surface area (Å²) in [5.74, 6) is 1.02. The van der Waals surface area contributed by atoms with Crippen LogP contribution >= 0.6 is 15.9 Å². The summed E-state index contributed by atoms with van der Waals surface area (Å²) in [5, 5.41) is 3.52. The zero-order valence-electron chi connectivity index (χ0n) is 17.3. The third kappa shape index (κ3) is 6.46. The molecule has 6 heteroatoms. The fraction of sp³-hybridized carbons (Fsp3) is 0.217. The molecule has 1 atom stereocenters. The normalized spacial score (nSPS) is 11.4. The van der Waals surface area contributed by atoms with Crippen LogP contribution in [-0.2, 0) is 13.2 Å². The fourth-order valence-electron chi connectivity index (χ4n) is 2.88. The minimum Gasteiger partial charge on any atom is -1.00 e. The Kier molecular flexibility index (Phi) is 8.96. The van der Waals surface area contributed by atoms with Crippen molar-refractivity contribution in [1.29, 1.82) is 0 Å². The predicted octanol–water partition coefficient (Wildman–Crippen LogP) is 3.14. The Morgan fingerprint density at radius 1 is 1.03 bits per heavy atom. The number of methoxy groups -OCH3 is 1. The minimum atomic E-state index is -0.260. The van der Waals surface area contributed by atoms with Crippen molar-refractivity contribution in [3.8, 4) is 11.5 Å². The lowest BCUT2D eigenvalue weighted by Gasteiger charge is -2.17. The summed E-state index contributed by atoms with van der Waals surface area (Å²) < 4.78 is 25.3. The first-order valence-corrected chi connectivity index (χ1v) is 9.88. The van der Waals surface area contributed by atoms with Crippen LogP contribution < -0.4 is 27.2 Å². The summed E-state index contributed by atoms with van der Waals surface area (Å²) in [6.45, 7) is 3.17. The molecule has 0 heterocycles. The molecule has 1 N–H and O–H groups in total. The molecular formula is C23H24BrClFNO2. The van der Waals surface area contributed by atoms with E-state index in [4.69, 9.17) is 9.47 Å². The number of hydrogen-bond donors (Lipinski definition) is 1. The number of hydrogen-bond acceptors (Lipinski definition) is 3. The van der Waals surface area contributed by atoms with Gasteiger partial charge in [0.1, 0.15) is 12.4 Å². The first kappa shape index (κ1) is 23.2. The second-order valence-electron chi connectivity index (χ2n) is 6.54. The van der Waals surface area contributed by atoms with E-state index in [1.54, 1.807) is 19.2 Å². The Labute approximate surface area is 187 Å². The van der Waals surface area contributed by atoms with E-state index < -0.39 is 0 Å². The molecule has 3 rings (SSSR count). The van der Waals surface area contributed by atoms with Crippen LogP contribution in [0.2, 0.25) is 0 Å². The summed E-state index contributed by atoms with van der Waals surface area (Å²) in [6, 6.07) is 20.8. The first-order valence-electron chi connectivity index (χ1n) is 9.09. The molecule has 0 aliphatic carbocycles. The molecule has 0 aliphatic heterocycles. The van der Waals surface area contributed by atoms with Gasteiger partial charge in [0.15, 0.2) is 11.5 Å². The van der Waals surface area contributed by atoms with Crippen LogP contribution in [0.5, 0.6) is 11.5 Å². The highest BCUT2D eigenvalue weighted by Gasteiger charge is 2.13. The van der Waals surface area contributed by atoms with Gasteiger partial charge in [-0.15, -0.1) is 0 Å². The second-order valence-corrected chi connectivity index (χ2v) is 7.39. The highest BCUT2D eigenvalue weighted by molar-refractivity contribution is 9.10. The van der Waals surface area contributed by atoms with Crippen LogP contribution in [0.4, 0.5) is 4.39 Å². The van der Waals surface area contributed by atoms with Crippen molar-refractivity contribution in [3.05, 3.63) is 93.7 Å². The van der Waals surface area contributed by atoms with Crippen molar-refractivity contribution in [2.75, 3.05) is 7.11 Å². The molecule has 3 aromatic carbocycles. The number of halogens is 3. The summed E-state index contributed by atoms with van der Waals surface area (Å²) in [4.78, 5) is 0. The van der Waals surface area contributed by atoms with Crippen molar-refractivity contribution >= 4 is 15.9 Å². The summed E-state index contributed by atoms with van der Waals surface area (Å²) in [5.41, 5.74) is 3.21. The standard InChI is InChI=1S/C23H23BrFNO2.ClH/c1-16(19-6-4-3-5-7-19)26-14-18-12-21(24)23(22(13-18)27-2)28-15-17-8-10-20(25)11-9-17;/h3-13,16,26H,14-15H2,1-2H3;1H. The smallest absolute Gasteiger partial charge is 1.00 e. The van der Waals surface area contributed by atoms with Crippen molar-refractivity contribution in [1.82, 2.24) is 5.32 Å². The third-order valence-electron chi connectivity index (χ3n) is 4.50. The molecule has 0 fully saturated rings. The van der Waals surface area contributed by atoms with E-state index in [2.05, 4.69) is 40.3 Å². The molecule has 0 aliphatic rings. The Morgan fingerprint density at radius 3 is 2.38 bits per heavy atom. The molecule has 3 aromatic rings. The summed E-state index contributed by atoms with van der Waals surface area (Å²) >= 11 is 3.58. The Balaban J connectivity index is 0.00000225. The van der Waals surface area contributed by atoms with E-state index in [9.17, 15) is 4.39 Å². The van der Waals surface area contributed by atoms with Gasteiger partial charge in [-0.3, -0.25) is 0 Å². The van der Waals surface area contributed by atoms with E-state index in [1.807, 2.05) is 30.3 Å². The molecule has 0 amide bonds. The quantitative estimate of drug-likeness (QED) is 0.537. The lowest BCUT2D eigenvalue weighted by Crippen LogP contribution is -3.00. The molecule has 0 radical (unpaired) electrons. The van der Waals surface area contributed by atoms with Gasteiger partial charge in [-0.25, -0.2) is 4.39 Å². The molecule has 0 saturated carbocycles. The highest BCUT2D eigenvalue weighted by atomic mass is 79.9. The van der Waals surface area contributed by atoms with Gasteiger partial charge >= 0.3 is 1.43 Å². The molecule has 0 aromatic heterocycles. The van der Waals surface area contributed by atoms with Crippen LogP contribution in [0.1, 0.15) is 31.1 Å². The van der Waals surface area contributed by atoms with E-state index in [1.165, 1.54) is 17.7 Å². The van der Waals surface area contributed by atoms with E-state index in [-0.39, 0.29) is 25.7 Å². The van der Waals surface area contributed by atoms with Crippen molar-refractivity contribution < 1.29 is 27.7 Å². The number of rotatable bonds is 8. The number of benzene rings is 3. The Hall–Kier alpha value is -2.08. The van der Waals surface area contributed by atoms with Gasteiger partial charge in [-0.05, 0) is 63.8 Å². The molecule has 29 heavy (non-hydrogen) atoms. The topological polar surface area (TPSA) is 30.5 Å². The summed E-state index contributed by atoms with van der Waals surface area (Å²) in [7, 11) is 1.62. The zero-order chi connectivity index (χ0) is 19.9. The van der Waals surface area contributed by atoms with Gasteiger partial charge in [0.05, 0.1) is 11.6 Å². The average molecular weight is 481 g/mol. The predicted molar refractivity (Wildman–Crippen MR) is 114 cm³/mol. The second kappa shape index (κ2) is 11.2. The summed E-state index contributed by atoms with van der Waals surface area (Å²) in [6.07, 6.45) is 0. The monoisotopic (exact) mass is 479 g/mol. The SMILES string of the molecule is COc1cc(CNC(C)c2ccccc2)cc(Br)c1OCc1ccc(F)cc1.[Cl-].[H+]. The minimum absolute atomic E-state index is 0. The Bertz CT molecular complexity index is 913. The van der Waals surface area contributed by atoms with Gasteiger partial charge in [0, 0.05) is 12.6 Å². The van der Waals surface area contributed by atoms with Crippen LogP contribution in [0.3, 0.4) is 0 Å². The molecule has 3 nitrogen and oxygen atoms in total. The van der Waals surface area contributed by atoms with E-state index in [0.717, 1.165) is 15.6 Å². The molecule has 1 unspecified atom stereocenters. The lowest BCUT2D eigenvalue weighted by molar-refractivity contribution is -0.00000679. The average Bonchev–Trinajstić information content (AvgIpc) is 2.72. The molecule has 0 bridgehead atoms. The zero-order valence-corrected chi connectivity index (χ0v) is 18.6. The molecule has 0 saturated heterocycles. The van der Waals surface area contributed by atoms with Crippen molar-refractivity contribution in [3.63, 3.8) is 0 Å². The van der Waals surface area contributed by atoms with Crippen LogP contribution in [0, 0.1) is 5.82 Å². The maximum absolute atomic E-state index is 13.0. The lowest BCUT2D eigenvalue weighted by atomic mass is 10.1. The molecular weight excluding hydrogens is 457 g/mol. The van der Waals surface area contributed by atoms with Crippen molar-refractivity contribution in [2.24, 2.45) is 0 Å². The third-order valence-corrected chi connectivity index (χ3v) is 5.09. The first-order chi connectivity index (χ1) is 13.6. The van der Waals surface area contributed by atoms with Crippen LogP contribution in [0.25, 0.3) is 0 Å². The highest BCUT2D eigenvalue weighted by Crippen LogP contribution is 2.37. The fourth-order valence-corrected chi connectivity index (χ4v) is 3.49. The van der Waals surface area contributed by atoms with Gasteiger partial charge in [-0.1, -0.05) is 42.5 Å². The van der Waals surface area contributed by atoms with Gasteiger partial charge in [0.25, 0.3) is 0 Å². The van der Waals surface area contributed by atoms with E-state index in [0.29, 0.717) is 24.7 Å². The maximum atomic E-state index is 13.0. The van der Waals surface area contributed by atoms with Gasteiger partial charge in [0.2, 0.25) is 0 Å². The largest absolute Gasteiger partial charge is 1.00 e. The van der Waals surface area contributed by atoms with Gasteiger partial charge in [-0.2, -0.15) is 0 Å². The van der Waals surface area contributed by atoms with Crippen molar-refractivity contribution in [2.45, 2.75) is 26.1 Å². The maximum Gasteiger partial charge on any atom is 1.00 e.